The van der Waals surface area contributed by atoms with E-state index in [2.05, 4.69) is 9.97 Å². The zero-order valence-electron chi connectivity index (χ0n) is 15.8. The highest BCUT2D eigenvalue weighted by Gasteiger charge is 2.31. The van der Waals surface area contributed by atoms with Gasteiger partial charge in [0.05, 0.1) is 24.6 Å². The Morgan fingerprint density at radius 2 is 1.86 bits per heavy atom. The van der Waals surface area contributed by atoms with E-state index in [-0.39, 0.29) is 29.3 Å². The van der Waals surface area contributed by atoms with Crippen LogP contribution < -0.4 is 10.5 Å². The first-order chi connectivity index (χ1) is 13.2. The summed E-state index contributed by atoms with van der Waals surface area (Å²) in [5.74, 6) is 0.202. The van der Waals surface area contributed by atoms with Gasteiger partial charge in [-0.25, -0.2) is 18.4 Å². The maximum atomic E-state index is 11.4. The number of aliphatic hydroxyl groups excluding tert-OH is 1. The number of aromatic nitrogens is 2. The molecule has 0 bridgehead atoms. The molecule has 11 heteroatoms. The van der Waals surface area contributed by atoms with Crippen LogP contribution in [0.15, 0.2) is 17.4 Å². The van der Waals surface area contributed by atoms with Gasteiger partial charge in [-0.2, -0.15) is 0 Å². The Labute approximate surface area is 164 Å². The smallest absolute Gasteiger partial charge is 0.232 e. The van der Waals surface area contributed by atoms with Crippen molar-refractivity contribution >= 4 is 15.8 Å². The molecule has 2 aliphatic rings. The lowest BCUT2D eigenvalue weighted by Gasteiger charge is -2.39. The van der Waals surface area contributed by atoms with Crippen LogP contribution in [0.3, 0.4) is 0 Å². The van der Waals surface area contributed by atoms with Crippen LogP contribution in [-0.2, 0) is 14.6 Å². The molecular weight excluding hydrogens is 386 g/mol. The molecule has 2 heterocycles. The van der Waals surface area contributed by atoms with Crippen LogP contribution in [0.5, 0.6) is 5.88 Å². The molecule has 1 saturated heterocycles. The van der Waals surface area contributed by atoms with Crippen molar-refractivity contribution in [2.75, 3.05) is 12.8 Å². The molecule has 156 valence electrons. The van der Waals surface area contributed by atoms with Crippen LogP contribution in [0.2, 0.25) is 0 Å². The van der Waals surface area contributed by atoms with Crippen LogP contribution >= 0.6 is 0 Å². The van der Waals surface area contributed by atoms with Crippen molar-refractivity contribution in [2.45, 2.75) is 68.1 Å². The van der Waals surface area contributed by atoms with Crippen LogP contribution in [0, 0.1) is 5.41 Å². The molecular formula is C17H27N5O5S. The Morgan fingerprint density at radius 1 is 1.18 bits per heavy atom. The quantitative estimate of drug-likeness (QED) is 0.456. The van der Waals surface area contributed by atoms with Crippen molar-refractivity contribution in [3.63, 3.8) is 0 Å². The van der Waals surface area contributed by atoms with Gasteiger partial charge in [-0.1, -0.05) is 0 Å². The molecule has 1 aromatic rings. The predicted molar refractivity (Wildman–Crippen MR) is 101 cm³/mol. The number of sulfone groups is 1. The molecule has 0 spiro atoms. The molecule has 0 aromatic carbocycles. The van der Waals surface area contributed by atoms with Crippen molar-refractivity contribution in [3.8, 4) is 5.88 Å². The van der Waals surface area contributed by atoms with Crippen LogP contribution in [0.1, 0.15) is 38.5 Å². The summed E-state index contributed by atoms with van der Waals surface area (Å²) in [6, 6.07) is 0. The lowest BCUT2D eigenvalue weighted by molar-refractivity contribution is -0.102. The third kappa shape index (κ3) is 5.30. The van der Waals surface area contributed by atoms with Gasteiger partial charge in [0.25, 0.3) is 0 Å². The number of nitrogens with two attached hydrogens (primary N) is 1. The number of rotatable bonds is 5. The zero-order valence-corrected chi connectivity index (χ0v) is 16.6. The van der Waals surface area contributed by atoms with Gasteiger partial charge in [-0.3, -0.25) is 5.41 Å². The molecule has 1 aromatic heterocycles. The highest BCUT2D eigenvalue weighted by Crippen LogP contribution is 2.28. The maximum Gasteiger partial charge on any atom is 0.232 e. The van der Waals surface area contributed by atoms with E-state index >= 15 is 0 Å². The first kappa shape index (κ1) is 20.7. The fourth-order valence-corrected chi connectivity index (χ4v) is 4.09. The van der Waals surface area contributed by atoms with Gasteiger partial charge >= 0.3 is 0 Å². The van der Waals surface area contributed by atoms with E-state index in [0.717, 1.165) is 38.4 Å². The summed E-state index contributed by atoms with van der Waals surface area (Å²) in [5, 5.41) is 17.4. The zero-order chi connectivity index (χ0) is 20.3. The highest BCUT2D eigenvalue weighted by atomic mass is 32.2. The Bertz CT molecular complexity index is 780. The number of guanidine groups is 1. The number of aliphatic hydroxyl groups is 1. The summed E-state index contributed by atoms with van der Waals surface area (Å²) in [4.78, 5) is 9.38. The molecule has 0 amide bonds. The van der Waals surface area contributed by atoms with E-state index in [4.69, 9.17) is 20.6 Å². The average Bonchev–Trinajstić information content (AvgIpc) is 2.63. The normalized spacial score (nSPS) is 28.7. The number of likely N-dealkylation sites (tertiary alicyclic amines) is 1. The van der Waals surface area contributed by atoms with E-state index < -0.39 is 16.1 Å². The number of piperidine rings is 1. The van der Waals surface area contributed by atoms with Gasteiger partial charge < -0.3 is 25.2 Å². The first-order valence-corrected chi connectivity index (χ1v) is 11.2. The van der Waals surface area contributed by atoms with E-state index in [0.29, 0.717) is 18.8 Å². The Hall–Kier alpha value is -1.98. The summed E-state index contributed by atoms with van der Waals surface area (Å²) < 4.78 is 34.8. The predicted octanol–water partition coefficient (Wildman–Crippen LogP) is 0.263. The van der Waals surface area contributed by atoms with Gasteiger partial charge in [0.2, 0.25) is 5.88 Å². The van der Waals surface area contributed by atoms with Gasteiger partial charge in [-0.05, 0) is 32.1 Å². The lowest BCUT2D eigenvalue weighted by atomic mass is 9.94. The maximum absolute atomic E-state index is 11.4. The van der Waals surface area contributed by atoms with Gasteiger partial charge in [0.15, 0.2) is 20.8 Å². The van der Waals surface area contributed by atoms with E-state index in [9.17, 15) is 13.5 Å². The summed E-state index contributed by atoms with van der Waals surface area (Å²) in [7, 11) is -3.37. The topological polar surface area (TPSA) is 152 Å². The van der Waals surface area contributed by atoms with Gasteiger partial charge in [0.1, 0.15) is 12.3 Å². The molecule has 3 rings (SSSR count). The van der Waals surface area contributed by atoms with Crippen molar-refractivity contribution in [1.82, 2.24) is 14.9 Å². The van der Waals surface area contributed by atoms with E-state index in [1.165, 1.54) is 17.3 Å². The second-order valence-electron chi connectivity index (χ2n) is 7.32. The molecule has 10 nitrogen and oxygen atoms in total. The fourth-order valence-electron chi connectivity index (χ4n) is 3.60. The minimum absolute atomic E-state index is 0.0108. The molecule has 2 atom stereocenters. The van der Waals surface area contributed by atoms with E-state index in [1.807, 2.05) is 0 Å². The molecule has 1 aliphatic carbocycles. The SMILES string of the molecule is CS(=O)(=O)c1cnc(OC2CCC(OC3CCN(C(=N)N)C(O)C3)CC2)cn1. The van der Waals surface area contributed by atoms with E-state index in [1.54, 1.807) is 0 Å². The van der Waals surface area contributed by atoms with Crippen molar-refractivity contribution in [1.29, 1.82) is 5.41 Å². The summed E-state index contributed by atoms with van der Waals surface area (Å²) in [6.07, 6.45) is 7.36. The summed E-state index contributed by atoms with van der Waals surface area (Å²) in [6.45, 7) is 0.516. The van der Waals surface area contributed by atoms with Crippen LogP contribution in [-0.4, -0.2) is 71.7 Å². The second kappa shape index (κ2) is 8.58. The van der Waals surface area contributed by atoms with Gasteiger partial charge in [0, 0.05) is 19.2 Å². The number of nitrogens with one attached hydrogen (secondary N) is 1. The Kier molecular flexibility index (Phi) is 6.36. The number of hydrogen-bond acceptors (Lipinski definition) is 8. The minimum atomic E-state index is -3.37. The largest absolute Gasteiger partial charge is 0.473 e. The third-order valence-corrected chi connectivity index (χ3v) is 6.08. The number of nitrogens with zero attached hydrogens (tertiary/aromatic N) is 3. The summed E-state index contributed by atoms with van der Waals surface area (Å²) in [5.41, 5.74) is 5.45. The Morgan fingerprint density at radius 3 is 2.39 bits per heavy atom. The second-order valence-corrected chi connectivity index (χ2v) is 9.29. The average molecular weight is 414 g/mol. The van der Waals surface area contributed by atoms with Crippen LogP contribution in [0.4, 0.5) is 0 Å². The molecule has 1 saturated carbocycles. The third-order valence-electron chi connectivity index (χ3n) is 5.11. The fraction of sp³-hybridized carbons (Fsp3) is 0.706. The van der Waals surface area contributed by atoms with Crippen molar-refractivity contribution in [2.24, 2.45) is 5.73 Å². The molecule has 0 radical (unpaired) electrons. The van der Waals surface area contributed by atoms with Crippen molar-refractivity contribution in [3.05, 3.63) is 12.4 Å². The Balaban J connectivity index is 1.43. The highest BCUT2D eigenvalue weighted by molar-refractivity contribution is 7.90. The van der Waals surface area contributed by atoms with Crippen LogP contribution in [0.25, 0.3) is 0 Å². The lowest BCUT2D eigenvalue weighted by Crippen LogP contribution is -2.51. The van der Waals surface area contributed by atoms with Gasteiger partial charge in [-0.15, -0.1) is 0 Å². The number of hydrogen-bond donors (Lipinski definition) is 3. The standard InChI is InChI=1S/C17H27N5O5S/c1-28(24,25)15-10-20-14(9-21-15)27-12-4-2-11(3-5-12)26-13-6-7-22(17(18)19)16(23)8-13/h9-13,16,23H,2-8H2,1H3,(H3,18,19). The summed E-state index contributed by atoms with van der Waals surface area (Å²) >= 11 is 0. The number of ether oxygens (including phenoxy) is 2. The molecule has 2 unspecified atom stereocenters. The molecule has 2 fully saturated rings. The molecule has 4 N–H and O–H groups in total. The first-order valence-electron chi connectivity index (χ1n) is 9.35. The molecule has 28 heavy (non-hydrogen) atoms. The minimum Gasteiger partial charge on any atom is -0.473 e. The van der Waals surface area contributed by atoms with Crippen molar-refractivity contribution < 1.29 is 23.0 Å². The monoisotopic (exact) mass is 413 g/mol. The molecule has 1 aliphatic heterocycles.